The van der Waals surface area contributed by atoms with E-state index in [1.165, 1.54) is 10.9 Å². The maximum Gasteiger partial charge on any atom is 0.278 e. The number of piperazine rings is 1. The summed E-state index contributed by atoms with van der Waals surface area (Å²) in [5, 5.41) is 23.4. The van der Waals surface area contributed by atoms with Crippen molar-refractivity contribution < 1.29 is 5.11 Å². The van der Waals surface area contributed by atoms with Crippen LogP contribution in [-0.2, 0) is 19.2 Å². The number of rotatable bonds is 7. The van der Waals surface area contributed by atoms with Crippen LogP contribution in [0.1, 0.15) is 26.5 Å². The van der Waals surface area contributed by atoms with Gasteiger partial charge in [-0.2, -0.15) is 10.1 Å². The van der Waals surface area contributed by atoms with Crippen LogP contribution in [0, 0.1) is 0 Å². The van der Waals surface area contributed by atoms with Gasteiger partial charge in [0.15, 0.2) is 11.5 Å². The summed E-state index contributed by atoms with van der Waals surface area (Å²) < 4.78 is 5.02. The van der Waals surface area contributed by atoms with Gasteiger partial charge in [-0.15, -0.1) is 6.58 Å². The van der Waals surface area contributed by atoms with Crippen molar-refractivity contribution in [2.75, 3.05) is 29.9 Å². The summed E-state index contributed by atoms with van der Waals surface area (Å²) in [6.45, 7) is 12.3. The highest BCUT2D eigenvalue weighted by atomic mass is 16.3. The SMILES string of the molecule is C=CCn1c(=O)c2cnc(Nc3cc(N4CCN[C@@H](C)C4)c4cnn(C)c4c3)nc2n1-c1cccc(C(C)(C)O)n1. The molecule has 6 rings (SSSR count). The molecule has 1 aromatic carbocycles. The van der Waals surface area contributed by atoms with E-state index < -0.39 is 5.60 Å². The third kappa shape index (κ3) is 4.85. The molecule has 1 fully saturated rings. The molecule has 0 aliphatic carbocycles. The number of hydrogen-bond acceptors (Lipinski definition) is 9. The van der Waals surface area contributed by atoms with E-state index in [2.05, 4.69) is 50.2 Å². The van der Waals surface area contributed by atoms with Crippen molar-refractivity contribution in [2.45, 2.75) is 39.0 Å². The van der Waals surface area contributed by atoms with E-state index >= 15 is 0 Å². The molecule has 1 atom stereocenters. The first-order chi connectivity index (χ1) is 19.6. The molecule has 0 unspecified atom stereocenters. The van der Waals surface area contributed by atoms with Gasteiger partial charge in [0.25, 0.3) is 5.56 Å². The average molecular weight is 555 g/mol. The van der Waals surface area contributed by atoms with Gasteiger partial charge in [-0.1, -0.05) is 12.1 Å². The van der Waals surface area contributed by atoms with Crippen LogP contribution in [0.2, 0.25) is 0 Å². The summed E-state index contributed by atoms with van der Waals surface area (Å²) >= 11 is 0. The first-order valence-corrected chi connectivity index (χ1v) is 13.6. The highest BCUT2D eigenvalue weighted by Gasteiger charge is 2.23. The van der Waals surface area contributed by atoms with Gasteiger partial charge in [-0.3, -0.25) is 9.48 Å². The summed E-state index contributed by atoms with van der Waals surface area (Å²) in [5.41, 5.74) is 2.34. The van der Waals surface area contributed by atoms with Gasteiger partial charge in [0.05, 0.1) is 24.0 Å². The lowest BCUT2D eigenvalue weighted by Gasteiger charge is -2.34. The first-order valence-electron chi connectivity index (χ1n) is 13.6. The van der Waals surface area contributed by atoms with E-state index in [-0.39, 0.29) is 12.1 Å². The highest BCUT2D eigenvalue weighted by molar-refractivity contribution is 5.95. The predicted octanol–water partition coefficient (Wildman–Crippen LogP) is 2.82. The topological polar surface area (TPSA) is 131 Å². The van der Waals surface area contributed by atoms with Gasteiger partial charge < -0.3 is 20.6 Å². The maximum absolute atomic E-state index is 13.4. The number of benzene rings is 1. The number of hydrogen-bond donors (Lipinski definition) is 3. The molecule has 0 saturated carbocycles. The van der Waals surface area contributed by atoms with Crippen LogP contribution in [0.4, 0.5) is 17.3 Å². The standard InChI is InChI=1S/C29H34N10O2/c1-6-11-38-27(40)21-15-31-28(35-26(21)39(38)25-9-7-8-24(34-25)29(3,4)41)33-19-13-22-20(16-32-36(22)5)23(14-19)37-12-10-30-18(2)17-37/h6-9,13-16,18,30,41H,1,10-12,17H2,2-5H3,(H,31,33,35)/t18-/m0/s1. The molecule has 0 bridgehead atoms. The molecule has 41 heavy (non-hydrogen) atoms. The predicted molar refractivity (Wildman–Crippen MR) is 160 cm³/mol. The van der Waals surface area contributed by atoms with Crippen molar-refractivity contribution in [1.29, 1.82) is 0 Å². The molecule has 0 spiro atoms. The second-order valence-corrected chi connectivity index (χ2v) is 11.0. The molecule has 1 aliphatic rings. The van der Waals surface area contributed by atoms with Crippen LogP contribution in [0.3, 0.4) is 0 Å². The van der Waals surface area contributed by atoms with E-state index in [1.54, 1.807) is 42.8 Å². The number of nitrogens with zero attached hydrogens (tertiary/aromatic N) is 8. The summed E-state index contributed by atoms with van der Waals surface area (Å²) in [7, 11) is 1.93. The second kappa shape index (κ2) is 10.1. The van der Waals surface area contributed by atoms with Gasteiger partial charge in [0.2, 0.25) is 5.95 Å². The quantitative estimate of drug-likeness (QED) is 0.260. The van der Waals surface area contributed by atoms with Crippen LogP contribution in [0.15, 0.2) is 60.2 Å². The lowest BCUT2D eigenvalue weighted by atomic mass is 10.1. The lowest BCUT2D eigenvalue weighted by Crippen LogP contribution is -2.49. The zero-order valence-electron chi connectivity index (χ0n) is 23.7. The van der Waals surface area contributed by atoms with Gasteiger partial charge in [-0.25, -0.2) is 19.3 Å². The molecule has 1 saturated heterocycles. The molecule has 3 N–H and O–H groups in total. The minimum Gasteiger partial charge on any atom is -0.384 e. The van der Waals surface area contributed by atoms with Crippen LogP contribution in [0.5, 0.6) is 0 Å². The maximum atomic E-state index is 13.4. The molecule has 0 radical (unpaired) electrons. The van der Waals surface area contributed by atoms with E-state index in [4.69, 9.17) is 4.98 Å². The smallest absolute Gasteiger partial charge is 0.278 e. The Kier molecular flexibility index (Phi) is 6.59. The van der Waals surface area contributed by atoms with E-state index in [9.17, 15) is 9.90 Å². The highest BCUT2D eigenvalue weighted by Crippen LogP contribution is 2.32. The van der Waals surface area contributed by atoms with Crippen molar-refractivity contribution in [2.24, 2.45) is 7.05 Å². The Balaban J connectivity index is 1.46. The molecule has 0 amide bonds. The summed E-state index contributed by atoms with van der Waals surface area (Å²) in [6.07, 6.45) is 5.08. The summed E-state index contributed by atoms with van der Waals surface area (Å²) in [4.78, 5) is 29.7. The Bertz CT molecular complexity index is 1830. The third-order valence-corrected chi connectivity index (χ3v) is 7.37. The van der Waals surface area contributed by atoms with E-state index in [1.807, 2.05) is 24.0 Å². The largest absolute Gasteiger partial charge is 0.384 e. The van der Waals surface area contributed by atoms with Crippen LogP contribution >= 0.6 is 0 Å². The van der Waals surface area contributed by atoms with Crippen molar-refractivity contribution in [3.63, 3.8) is 0 Å². The molecule has 5 aromatic rings. The van der Waals surface area contributed by atoms with Crippen molar-refractivity contribution in [1.82, 2.24) is 39.4 Å². The summed E-state index contributed by atoms with van der Waals surface area (Å²) in [5.74, 6) is 0.788. The number of nitrogens with one attached hydrogen (secondary N) is 2. The molecule has 5 heterocycles. The lowest BCUT2D eigenvalue weighted by molar-refractivity contribution is 0.0738. The number of fused-ring (bicyclic) bond motifs is 2. The molecule has 212 valence electrons. The first kappa shape index (κ1) is 26.7. The minimum atomic E-state index is -1.16. The van der Waals surface area contributed by atoms with Gasteiger partial charge in [-0.05, 0) is 45.0 Å². The third-order valence-electron chi connectivity index (χ3n) is 7.37. The zero-order chi connectivity index (χ0) is 28.9. The van der Waals surface area contributed by atoms with Gasteiger partial charge in [0.1, 0.15) is 11.0 Å². The number of pyridine rings is 1. The summed E-state index contributed by atoms with van der Waals surface area (Å²) in [6, 6.07) is 9.82. The van der Waals surface area contributed by atoms with Crippen LogP contribution in [0.25, 0.3) is 27.8 Å². The number of allylic oxidation sites excluding steroid dienone is 1. The monoisotopic (exact) mass is 554 g/mol. The zero-order valence-corrected chi connectivity index (χ0v) is 23.7. The van der Waals surface area contributed by atoms with Gasteiger partial charge >= 0.3 is 0 Å². The Hall–Kier alpha value is -4.55. The molecular formula is C29H34N10O2. The normalized spacial score (nSPS) is 16.0. The molecule has 4 aromatic heterocycles. The van der Waals surface area contributed by atoms with E-state index in [0.717, 1.165) is 41.9 Å². The Morgan fingerprint density at radius 2 is 2.05 bits per heavy atom. The fourth-order valence-corrected chi connectivity index (χ4v) is 5.33. The number of aliphatic hydroxyl groups is 1. The Morgan fingerprint density at radius 3 is 2.80 bits per heavy atom. The molecule has 1 aliphatic heterocycles. The molecule has 12 heteroatoms. The van der Waals surface area contributed by atoms with Crippen molar-refractivity contribution in [3.05, 3.63) is 71.4 Å². The van der Waals surface area contributed by atoms with E-state index in [0.29, 0.717) is 34.5 Å². The second-order valence-electron chi connectivity index (χ2n) is 11.0. The number of aromatic nitrogens is 7. The van der Waals surface area contributed by atoms with Crippen molar-refractivity contribution in [3.8, 4) is 5.82 Å². The number of aryl methyl sites for hydroxylation is 1. The van der Waals surface area contributed by atoms with Crippen molar-refractivity contribution >= 4 is 39.3 Å². The minimum absolute atomic E-state index is 0.246. The molecular weight excluding hydrogens is 520 g/mol. The van der Waals surface area contributed by atoms with Crippen LogP contribution in [-0.4, -0.2) is 64.9 Å². The van der Waals surface area contributed by atoms with Crippen LogP contribution < -0.4 is 21.1 Å². The fraction of sp³-hybridized carbons (Fsp3) is 0.345. The fourth-order valence-electron chi connectivity index (χ4n) is 5.33. The number of anilines is 3. The Morgan fingerprint density at radius 1 is 1.22 bits per heavy atom. The molecule has 12 nitrogen and oxygen atoms in total. The average Bonchev–Trinajstić information content (AvgIpc) is 3.44. The van der Waals surface area contributed by atoms with Gasteiger partial charge in [0, 0.05) is 55.7 Å². The Labute approximate surface area is 236 Å².